The Morgan fingerprint density at radius 1 is 1.26 bits per heavy atom. The van der Waals surface area contributed by atoms with Crippen molar-refractivity contribution in [3.63, 3.8) is 0 Å². The van der Waals surface area contributed by atoms with Crippen LogP contribution in [-0.4, -0.2) is 27.6 Å². The number of hydrogen-bond acceptors (Lipinski definition) is 3. The summed E-state index contributed by atoms with van der Waals surface area (Å²) in [6, 6.07) is 7.30. The molecule has 2 aromatic rings. The third-order valence-corrected chi connectivity index (χ3v) is 3.71. The molecule has 1 atom stereocenters. The number of fused-ring (bicyclic) bond motifs is 1. The van der Waals surface area contributed by atoms with Crippen LogP contribution < -0.4 is 10.9 Å². The second-order valence-corrected chi connectivity index (χ2v) is 5.97. The molecule has 23 heavy (non-hydrogen) atoms. The SMILES string of the molecule is CC(C)CC(NC(=O)c1cc(=O)n(C)c2ccccc12)C(=O)O. The summed E-state index contributed by atoms with van der Waals surface area (Å²) in [4.78, 5) is 35.8. The van der Waals surface area contributed by atoms with Crippen molar-refractivity contribution in [2.24, 2.45) is 13.0 Å². The highest BCUT2D eigenvalue weighted by atomic mass is 16.4. The molecular formula is C17H20N2O4. The summed E-state index contributed by atoms with van der Waals surface area (Å²) < 4.78 is 1.45. The molecule has 0 aliphatic heterocycles. The molecule has 1 amide bonds. The van der Waals surface area contributed by atoms with Crippen molar-refractivity contribution in [2.75, 3.05) is 0 Å². The van der Waals surface area contributed by atoms with E-state index in [1.807, 2.05) is 13.8 Å². The van der Waals surface area contributed by atoms with Crippen LogP contribution in [0.2, 0.25) is 0 Å². The number of pyridine rings is 1. The average Bonchev–Trinajstić information content (AvgIpc) is 2.49. The Morgan fingerprint density at radius 2 is 1.91 bits per heavy atom. The van der Waals surface area contributed by atoms with Gasteiger partial charge in [0.2, 0.25) is 0 Å². The van der Waals surface area contributed by atoms with Crippen molar-refractivity contribution in [3.8, 4) is 0 Å². The lowest BCUT2D eigenvalue weighted by molar-refractivity contribution is -0.139. The summed E-state index contributed by atoms with van der Waals surface area (Å²) in [6.07, 6.45) is 0.323. The van der Waals surface area contributed by atoms with Gasteiger partial charge in [0.05, 0.1) is 11.1 Å². The monoisotopic (exact) mass is 316 g/mol. The van der Waals surface area contributed by atoms with E-state index < -0.39 is 17.9 Å². The van der Waals surface area contributed by atoms with Gasteiger partial charge in [0, 0.05) is 18.5 Å². The van der Waals surface area contributed by atoms with Gasteiger partial charge in [-0.25, -0.2) is 4.79 Å². The summed E-state index contributed by atoms with van der Waals surface area (Å²) in [5, 5.41) is 12.4. The van der Waals surface area contributed by atoms with Crippen LogP contribution in [0.25, 0.3) is 10.9 Å². The maximum Gasteiger partial charge on any atom is 0.326 e. The number of nitrogens with one attached hydrogen (secondary N) is 1. The van der Waals surface area contributed by atoms with Gasteiger partial charge in [-0.2, -0.15) is 0 Å². The van der Waals surface area contributed by atoms with Crippen LogP contribution in [0.1, 0.15) is 30.6 Å². The Bertz CT molecular complexity index is 808. The zero-order valence-electron chi connectivity index (χ0n) is 13.4. The first-order chi connectivity index (χ1) is 10.8. The highest BCUT2D eigenvalue weighted by Crippen LogP contribution is 2.16. The molecule has 1 heterocycles. The number of aryl methyl sites for hydroxylation is 1. The zero-order chi connectivity index (χ0) is 17.1. The number of hydrogen-bond donors (Lipinski definition) is 2. The van der Waals surface area contributed by atoms with Crippen molar-refractivity contribution in [1.29, 1.82) is 0 Å². The van der Waals surface area contributed by atoms with Gasteiger partial charge in [0.15, 0.2) is 0 Å². The maximum atomic E-state index is 12.5. The largest absolute Gasteiger partial charge is 0.480 e. The number of carboxylic acid groups (broad SMARTS) is 1. The maximum absolute atomic E-state index is 12.5. The first kappa shape index (κ1) is 16.7. The van der Waals surface area contributed by atoms with E-state index in [1.54, 1.807) is 31.3 Å². The quantitative estimate of drug-likeness (QED) is 0.880. The summed E-state index contributed by atoms with van der Waals surface area (Å²) in [5.41, 5.74) is 0.504. The van der Waals surface area contributed by atoms with Crippen molar-refractivity contribution in [2.45, 2.75) is 26.3 Å². The number of aromatic nitrogens is 1. The number of amides is 1. The van der Waals surface area contributed by atoms with Gasteiger partial charge in [-0.05, 0) is 18.4 Å². The molecule has 6 nitrogen and oxygen atoms in total. The summed E-state index contributed by atoms with van der Waals surface area (Å²) >= 11 is 0. The highest BCUT2D eigenvalue weighted by molar-refractivity contribution is 6.07. The topological polar surface area (TPSA) is 88.4 Å². The lowest BCUT2D eigenvalue weighted by Gasteiger charge is -2.17. The lowest BCUT2D eigenvalue weighted by Crippen LogP contribution is -2.42. The molecule has 2 N–H and O–H groups in total. The molecule has 122 valence electrons. The van der Waals surface area contributed by atoms with E-state index >= 15 is 0 Å². The number of carbonyl (C=O) groups excluding carboxylic acids is 1. The van der Waals surface area contributed by atoms with E-state index in [0.29, 0.717) is 17.3 Å². The molecule has 0 bridgehead atoms. The van der Waals surface area contributed by atoms with E-state index in [2.05, 4.69) is 5.32 Å². The Kier molecular flexibility index (Phi) is 4.83. The number of carboxylic acids is 1. The Morgan fingerprint density at radius 3 is 2.52 bits per heavy atom. The van der Waals surface area contributed by atoms with Gasteiger partial charge < -0.3 is 15.0 Å². The third kappa shape index (κ3) is 3.59. The zero-order valence-corrected chi connectivity index (χ0v) is 13.4. The summed E-state index contributed by atoms with van der Waals surface area (Å²) in [7, 11) is 1.63. The van der Waals surface area contributed by atoms with Crippen LogP contribution in [-0.2, 0) is 11.8 Å². The second-order valence-electron chi connectivity index (χ2n) is 5.97. The second kappa shape index (κ2) is 6.64. The third-order valence-electron chi connectivity index (χ3n) is 3.71. The van der Waals surface area contributed by atoms with E-state index in [1.165, 1.54) is 10.6 Å². The van der Waals surface area contributed by atoms with Crippen LogP contribution in [0, 0.1) is 5.92 Å². The lowest BCUT2D eigenvalue weighted by atomic mass is 10.0. The molecule has 1 aromatic heterocycles. The van der Waals surface area contributed by atoms with Gasteiger partial charge in [0.25, 0.3) is 11.5 Å². The van der Waals surface area contributed by atoms with Crippen LogP contribution >= 0.6 is 0 Å². The van der Waals surface area contributed by atoms with Crippen molar-refractivity contribution in [3.05, 3.63) is 46.2 Å². The molecule has 0 fully saturated rings. The highest BCUT2D eigenvalue weighted by Gasteiger charge is 2.23. The standard InChI is InChI=1S/C17H20N2O4/c1-10(2)8-13(17(22)23)18-16(21)12-9-15(20)19(3)14-7-5-4-6-11(12)14/h4-7,9-10,13H,8H2,1-3H3,(H,18,21)(H,22,23). The summed E-state index contributed by atoms with van der Waals surface area (Å²) in [6.45, 7) is 3.77. The molecule has 0 saturated carbocycles. The van der Waals surface area contributed by atoms with Gasteiger partial charge in [-0.15, -0.1) is 0 Å². The number of benzene rings is 1. The van der Waals surface area contributed by atoms with E-state index in [4.69, 9.17) is 0 Å². The minimum atomic E-state index is -1.08. The fourth-order valence-electron chi connectivity index (χ4n) is 2.53. The molecule has 0 spiro atoms. The molecule has 0 aliphatic carbocycles. The van der Waals surface area contributed by atoms with E-state index in [9.17, 15) is 19.5 Å². The van der Waals surface area contributed by atoms with Crippen LogP contribution in [0.15, 0.2) is 35.1 Å². The number of aliphatic carboxylic acids is 1. The van der Waals surface area contributed by atoms with Crippen LogP contribution in [0.4, 0.5) is 0 Å². The van der Waals surface area contributed by atoms with Crippen LogP contribution in [0.5, 0.6) is 0 Å². The Balaban J connectivity index is 2.43. The molecule has 6 heteroatoms. The van der Waals surface area contributed by atoms with Crippen molar-refractivity contribution < 1.29 is 14.7 Å². The fourth-order valence-corrected chi connectivity index (χ4v) is 2.53. The molecule has 2 rings (SSSR count). The number of carbonyl (C=O) groups is 2. The van der Waals surface area contributed by atoms with Gasteiger partial charge >= 0.3 is 5.97 Å². The average molecular weight is 316 g/mol. The predicted octanol–water partition coefficient (Wildman–Crippen LogP) is 1.77. The summed E-state index contributed by atoms with van der Waals surface area (Å²) in [5.74, 6) is -1.51. The van der Waals surface area contributed by atoms with Gasteiger partial charge in [0.1, 0.15) is 6.04 Å². The van der Waals surface area contributed by atoms with Crippen LogP contribution in [0.3, 0.4) is 0 Å². The molecule has 0 radical (unpaired) electrons. The van der Waals surface area contributed by atoms with Gasteiger partial charge in [-0.1, -0.05) is 32.0 Å². The van der Waals surface area contributed by atoms with Crippen molar-refractivity contribution >= 4 is 22.8 Å². The van der Waals surface area contributed by atoms with E-state index in [0.717, 1.165) is 0 Å². The predicted molar refractivity (Wildman–Crippen MR) is 87.5 cm³/mol. The smallest absolute Gasteiger partial charge is 0.326 e. The minimum Gasteiger partial charge on any atom is -0.480 e. The molecular weight excluding hydrogens is 296 g/mol. The Hall–Kier alpha value is -2.63. The molecule has 0 aliphatic rings. The normalized spacial score (nSPS) is 12.3. The number of nitrogens with zero attached hydrogens (tertiary/aromatic N) is 1. The minimum absolute atomic E-state index is 0.122. The van der Waals surface area contributed by atoms with Gasteiger partial charge in [-0.3, -0.25) is 9.59 Å². The van der Waals surface area contributed by atoms with E-state index in [-0.39, 0.29) is 17.0 Å². The fraction of sp³-hybridized carbons (Fsp3) is 0.353. The first-order valence-electron chi connectivity index (χ1n) is 7.43. The Labute approximate surface area is 133 Å². The van der Waals surface area contributed by atoms with Crippen molar-refractivity contribution in [1.82, 2.24) is 9.88 Å². The molecule has 0 saturated heterocycles. The molecule has 1 aromatic carbocycles. The number of rotatable bonds is 5. The first-order valence-corrected chi connectivity index (χ1v) is 7.43. The molecule has 1 unspecified atom stereocenters. The number of para-hydroxylation sites is 1.